The van der Waals surface area contributed by atoms with Gasteiger partial charge in [-0.3, -0.25) is 0 Å². The quantitative estimate of drug-likeness (QED) is 0.159. The van der Waals surface area contributed by atoms with Crippen LogP contribution in [0.3, 0.4) is 0 Å². The Morgan fingerprint density at radius 3 is 1.08 bits per heavy atom. The number of hydrogen-bond donors (Lipinski definition) is 0. The first-order valence-corrected chi connectivity index (χ1v) is 21.0. The second-order valence-corrected chi connectivity index (χ2v) is 16.7. The molecule has 0 aliphatic carbocycles. The molecule has 9 rings (SSSR count). The monoisotopic (exact) mass is 759 g/mol. The van der Waals surface area contributed by atoms with Crippen molar-refractivity contribution in [2.45, 2.75) is 0 Å². The van der Waals surface area contributed by atoms with Crippen LogP contribution in [0.4, 0.5) is 0 Å². The molecule has 0 aliphatic rings. The van der Waals surface area contributed by atoms with Gasteiger partial charge >= 0.3 is 0 Å². The van der Waals surface area contributed by atoms with Crippen molar-refractivity contribution in [3.8, 4) is 67.5 Å². The van der Waals surface area contributed by atoms with E-state index in [2.05, 4.69) is 183 Å². The molecule has 0 unspecified atom stereocenters. The van der Waals surface area contributed by atoms with Crippen LogP contribution in [-0.4, -0.2) is 101 Å². The van der Waals surface area contributed by atoms with Gasteiger partial charge in [-0.15, -0.1) is 16.4 Å². The molecule has 0 radical (unpaired) electrons. The molecule has 0 aliphatic heterocycles. The maximum atomic E-state index is 7.06. The van der Waals surface area contributed by atoms with Gasteiger partial charge in [-0.2, -0.15) is 0 Å². The maximum absolute atomic E-state index is 7.06. The minimum absolute atomic E-state index is 0.629. The molecule has 9 aromatic rings. The van der Waals surface area contributed by atoms with Crippen LogP contribution >= 0.6 is 0 Å². The van der Waals surface area contributed by atoms with Gasteiger partial charge in [-0.05, 0) is 38.8 Å². The van der Waals surface area contributed by atoms with Gasteiger partial charge in [-0.1, -0.05) is 147 Å². The van der Waals surface area contributed by atoms with Gasteiger partial charge in [-0.25, -0.2) is 15.0 Å². The Morgan fingerprint density at radius 1 is 0.267 bits per heavy atom. The molecule has 0 amide bonds. The lowest BCUT2D eigenvalue weighted by Gasteiger charge is -2.25. The predicted molar refractivity (Wildman–Crippen MR) is 290 cm³/mol. The lowest BCUT2D eigenvalue weighted by Crippen LogP contribution is -2.56. The second-order valence-electron chi connectivity index (χ2n) is 16.7. The summed E-state index contributed by atoms with van der Waals surface area (Å²) in [6.07, 6.45) is 0. The molecule has 274 valence electrons. The number of hydrogen-bond acceptors (Lipinski definition) is 4. The Labute approximate surface area is 362 Å². The van der Waals surface area contributed by atoms with Crippen molar-refractivity contribution in [3.05, 3.63) is 109 Å². The number of furan rings is 1. The van der Waals surface area contributed by atoms with Gasteiger partial charge in [0.2, 0.25) is 0 Å². The number of fused-ring (bicyclic) bond motifs is 3. The Hall–Kier alpha value is -5.94. The van der Waals surface area contributed by atoms with E-state index in [1.807, 2.05) is 12.1 Å². The molecule has 4 nitrogen and oxygen atoms in total. The van der Waals surface area contributed by atoms with Gasteiger partial charge in [0.1, 0.15) is 97.5 Å². The van der Waals surface area contributed by atoms with Gasteiger partial charge < -0.3 is 4.42 Å². The van der Waals surface area contributed by atoms with Gasteiger partial charge in [0.25, 0.3) is 0 Å². The van der Waals surface area contributed by atoms with Crippen molar-refractivity contribution in [2.75, 3.05) is 0 Å². The normalized spacial score (nSPS) is 11.4. The summed E-state index contributed by atoms with van der Waals surface area (Å²) in [7, 11) is 24.7. The second kappa shape index (κ2) is 15.3. The van der Waals surface area contributed by atoms with E-state index in [9.17, 15) is 0 Å². The number of nitrogens with zero attached hydrogens (tertiary/aromatic N) is 3. The number of rotatable bonds is 6. The zero-order chi connectivity index (χ0) is 42.1. The van der Waals surface area contributed by atoms with Crippen molar-refractivity contribution in [2.24, 2.45) is 0 Å². The molecule has 2 aromatic heterocycles. The van der Waals surface area contributed by atoms with E-state index in [1.165, 1.54) is 82.2 Å². The highest BCUT2D eigenvalue weighted by molar-refractivity contribution is 6.71. The van der Waals surface area contributed by atoms with E-state index in [4.69, 9.17) is 19.4 Å². The highest BCUT2D eigenvalue weighted by Gasteiger charge is 2.26. The Bertz CT molecular complexity index is 3060. The van der Waals surface area contributed by atoms with Crippen molar-refractivity contribution < 1.29 is 4.42 Å². The van der Waals surface area contributed by atoms with Crippen LogP contribution in [0.1, 0.15) is 0 Å². The van der Waals surface area contributed by atoms with Gasteiger partial charge in [0.15, 0.2) is 17.5 Å². The molecule has 0 atom stereocenters. The molecular formula is C45H40B11N3O. The molecule has 0 spiro atoms. The molecule has 15 heteroatoms. The fraction of sp³-hybridized carbons (Fsp3) is 0. The van der Waals surface area contributed by atoms with Crippen LogP contribution in [-0.2, 0) is 0 Å². The third-order valence-electron chi connectivity index (χ3n) is 13.6. The SMILES string of the molecule is Bc1c(B)c(B)c(-c2c(B)c(B)c3oc4c(B)c(-c5nc(-c6ccc(-c7ccccc7)cc6)nc(-c6ccc(-c7ccccc7)cc6)n5)c(B)c(B)c4c3c2B)c(B)c1B. The van der Waals surface area contributed by atoms with E-state index in [-0.39, 0.29) is 0 Å². The summed E-state index contributed by atoms with van der Waals surface area (Å²) >= 11 is 0. The first-order valence-electron chi connectivity index (χ1n) is 21.0. The van der Waals surface area contributed by atoms with Crippen LogP contribution in [0.15, 0.2) is 114 Å². The summed E-state index contributed by atoms with van der Waals surface area (Å²) in [4.78, 5) is 15.7. The summed E-state index contributed by atoms with van der Waals surface area (Å²) in [5.41, 5.74) is 25.8. The lowest BCUT2D eigenvalue weighted by molar-refractivity contribution is 0.675. The van der Waals surface area contributed by atoms with Gasteiger partial charge in [0.05, 0.1) is 0 Å². The van der Waals surface area contributed by atoms with Crippen LogP contribution in [0.2, 0.25) is 0 Å². The maximum Gasteiger partial charge on any atom is 0.164 e. The van der Waals surface area contributed by atoms with Crippen LogP contribution in [0.5, 0.6) is 0 Å². The summed E-state index contributed by atoms with van der Waals surface area (Å²) in [5, 5.41) is 2.37. The molecule has 2 heterocycles. The van der Waals surface area contributed by atoms with E-state index in [0.717, 1.165) is 49.9 Å². The fourth-order valence-corrected chi connectivity index (χ4v) is 9.42. The van der Waals surface area contributed by atoms with E-state index in [1.54, 1.807) is 0 Å². The molecular weight excluding hydrogens is 717 g/mol. The highest BCUT2D eigenvalue weighted by atomic mass is 16.3. The third kappa shape index (κ3) is 6.36. The van der Waals surface area contributed by atoms with Crippen LogP contribution < -0.4 is 60.1 Å². The summed E-state index contributed by atoms with van der Waals surface area (Å²) in [5.74, 6) is 1.89. The smallest absolute Gasteiger partial charge is 0.164 e. The topological polar surface area (TPSA) is 51.8 Å². The predicted octanol–water partition coefficient (Wildman–Crippen LogP) is -7.38. The number of aromatic nitrogens is 3. The molecule has 7 aromatic carbocycles. The zero-order valence-corrected chi connectivity index (χ0v) is 36.6. The van der Waals surface area contributed by atoms with Crippen molar-refractivity contribution >= 4 is 168 Å². The Morgan fingerprint density at radius 2 is 0.600 bits per heavy atom. The molecule has 0 fully saturated rings. The zero-order valence-electron chi connectivity index (χ0n) is 36.6. The molecule has 60 heavy (non-hydrogen) atoms. The Balaban J connectivity index is 1.26. The molecule has 0 saturated carbocycles. The lowest BCUT2D eigenvalue weighted by atomic mass is 9.57. The minimum Gasteiger partial charge on any atom is -0.457 e. The standard InChI is InChI=1S/C45H40B11N3O/c46-30-25(26-31(47)37(53)39(55)38(54)32(26)48)33(49)40(56)42-27(30)28-34(50)35(51)29(36(52)41(28)60-42)45-58-43(23-15-11-21(12-16-23)19-7-3-1-4-8-19)57-44(59-45)24-17-13-22(14-18-24)20-9-5-2-6-10-20/h1-18H,46-56H2. The van der Waals surface area contributed by atoms with E-state index in [0.29, 0.717) is 17.5 Å². The highest BCUT2D eigenvalue weighted by Crippen LogP contribution is 2.31. The summed E-state index contributed by atoms with van der Waals surface area (Å²) in [6, 6.07) is 37.9. The Kier molecular flexibility index (Phi) is 10.1. The first-order chi connectivity index (χ1) is 28.8. The molecule has 0 saturated heterocycles. The van der Waals surface area contributed by atoms with Crippen molar-refractivity contribution in [1.29, 1.82) is 0 Å². The fourth-order valence-electron chi connectivity index (χ4n) is 9.42. The summed E-state index contributed by atoms with van der Waals surface area (Å²) < 4.78 is 7.06. The largest absolute Gasteiger partial charge is 0.457 e. The average Bonchev–Trinajstić information content (AvgIpc) is 3.70. The van der Waals surface area contributed by atoms with Crippen LogP contribution in [0.25, 0.3) is 89.5 Å². The number of benzene rings is 7. The summed E-state index contributed by atoms with van der Waals surface area (Å²) in [6.45, 7) is 0. The van der Waals surface area contributed by atoms with Crippen LogP contribution in [0, 0.1) is 0 Å². The molecule has 0 N–H and O–H groups in total. The molecule has 0 bridgehead atoms. The minimum atomic E-state index is 0.629. The van der Waals surface area contributed by atoms with Crippen molar-refractivity contribution in [1.82, 2.24) is 15.0 Å². The van der Waals surface area contributed by atoms with Gasteiger partial charge in [0, 0.05) is 27.5 Å². The van der Waals surface area contributed by atoms with Crippen molar-refractivity contribution in [3.63, 3.8) is 0 Å². The van der Waals surface area contributed by atoms with E-state index < -0.39 is 0 Å². The van der Waals surface area contributed by atoms with E-state index >= 15 is 0 Å². The average molecular weight is 758 g/mol. The first kappa shape index (κ1) is 39.5. The third-order valence-corrected chi connectivity index (χ3v) is 13.6.